The van der Waals surface area contributed by atoms with E-state index in [0.717, 1.165) is 39.0 Å². The minimum Gasteiger partial charge on any atom is -0.378 e. The van der Waals surface area contributed by atoms with Crippen molar-refractivity contribution in [1.82, 2.24) is 10.2 Å². The maximum atomic E-state index is 11.9. The van der Waals surface area contributed by atoms with Crippen LogP contribution in [0.5, 0.6) is 0 Å². The highest BCUT2D eigenvalue weighted by atomic mass is 35.5. The Bertz CT molecular complexity index is 232. The van der Waals surface area contributed by atoms with Crippen molar-refractivity contribution in [3.05, 3.63) is 0 Å². The molecule has 0 spiro atoms. The Balaban J connectivity index is 0.00000128. The summed E-state index contributed by atoms with van der Waals surface area (Å²) >= 11 is 0. The first-order chi connectivity index (χ1) is 7.29. The third-order valence-corrected chi connectivity index (χ3v) is 3.38. The molecule has 5 heteroatoms. The highest BCUT2D eigenvalue weighted by Crippen LogP contribution is 2.18. The normalized spacial score (nSPS) is 29.2. The van der Waals surface area contributed by atoms with Crippen LogP contribution in [0, 0.1) is 0 Å². The fourth-order valence-corrected chi connectivity index (χ4v) is 2.35. The summed E-state index contributed by atoms with van der Waals surface area (Å²) in [6.07, 6.45) is 4.00. The zero-order valence-electron chi connectivity index (χ0n) is 9.78. The van der Waals surface area contributed by atoms with Crippen molar-refractivity contribution < 1.29 is 9.53 Å². The molecule has 2 aliphatic rings. The lowest BCUT2D eigenvalue weighted by Gasteiger charge is -2.18. The lowest BCUT2D eigenvalue weighted by Crippen LogP contribution is -2.34. The Morgan fingerprint density at radius 3 is 2.88 bits per heavy atom. The number of ether oxygens (including phenoxy) is 1. The Morgan fingerprint density at radius 2 is 2.31 bits per heavy atom. The topological polar surface area (TPSA) is 41.6 Å². The first-order valence-electron chi connectivity index (χ1n) is 5.86. The molecule has 0 aromatic carbocycles. The minimum absolute atomic E-state index is 0. The van der Waals surface area contributed by atoms with Gasteiger partial charge in [0.25, 0.3) is 0 Å². The summed E-state index contributed by atoms with van der Waals surface area (Å²) < 4.78 is 5.47. The van der Waals surface area contributed by atoms with Crippen molar-refractivity contribution in [3.63, 3.8) is 0 Å². The van der Waals surface area contributed by atoms with E-state index < -0.39 is 0 Å². The van der Waals surface area contributed by atoms with Gasteiger partial charge in [-0.3, -0.25) is 4.79 Å². The van der Waals surface area contributed by atoms with Crippen LogP contribution in [0.15, 0.2) is 0 Å². The summed E-state index contributed by atoms with van der Waals surface area (Å²) in [6.45, 7) is 2.59. The molecule has 0 radical (unpaired) electrons. The van der Waals surface area contributed by atoms with Gasteiger partial charge in [0.15, 0.2) is 0 Å². The number of carbonyl (C=O) groups is 1. The van der Waals surface area contributed by atoms with E-state index in [0.29, 0.717) is 12.5 Å². The first-order valence-corrected chi connectivity index (χ1v) is 5.86. The van der Waals surface area contributed by atoms with Gasteiger partial charge >= 0.3 is 0 Å². The van der Waals surface area contributed by atoms with Crippen LogP contribution in [0.2, 0.25) is 0 Å². The van der Waals surface area contributed by atoms with E-state index in [1.54, 1.807) is 0 Å². The predicted octanol–water partition coefficient (Wildman–Crippen LogP) is 0.798. The second-order valence-corrected chi connectivity index (χ2v) is 4.45. The maximum Gasteiger partial charge on any atom is 0.225 e. The zero-order valence-corrected chi connectivity index (χ0v) is 10.6. The number of hydrogen-bond donors (Lipinski definition) is 1. The number of nitrogens with one attached hydrogen (secondary N) is 1. The third kappa shape index (κ3) is 3.34. The second kappa shape index (κ2) is 6.42. The Morgan fingerprint density at radius 1 is 1.50 bits per heavy atom. The van der Waals surface area contributed by atoms with Crippen LogP contribution in [-0.2, 0) is 9.53 Å². The van der Waals surface area contributed by atoms with Gasteiger partial charge < -0.3 is 15.0 Å². The van der Waals surface area contributed by atoms with Crippen molar-refractivity contribution in [3.8, 4) is 0 Å². The van der Waals surface area contributed by atoms with Gasteiger partial charge in [-0.2, -0.15) is 0 Å². The van der Waals surface area contributed by atoms with Crippen molar-refractivity contribution in [1.29, 1.82) is 0 Å². The Labute approximate surface area is 103 Å². The molecule has 16 heavy (non-hydrogen) atoms. The van der Waals surface area contributed by atoms with Gasteiger partial charge in [-0.15, -0.1) is 12.4 Å². The molecule has 1 N–H and O–H groups in total. The van der Waals surface area contributed by atoms with Crippen LogP contribution in [0.1, 0.15) is 25.7 Å². The molecule has 0 aromatic rings. The van der Waals surface area contributed by atoms with Gasteiger partial charge in [0, 0.05) is 25.7 Å². The van der Waals surface area contributed by atoms with Crippen molar-refractivity contribution in [2.75, 3.05) is 26.7 Å². The van der Waals surface area contributed by atoms with Crippen LogP contribution < -0.4 is 5.32 Å². The van der Waals surface area contributed by atoms with Crippen molar-refractivity contribution in [2.24, 2.45) is 0 Å². The standard InChI is InChI=1S/C11H20N2O2.ClH/c1-12-9-4-5-13(8-9)11(14)7-10-3-2-6-15-10;/h9-10,12H,2-8H2,1H3;1H. The summed E-state index contributed by atoms with van der Waals surface area (Å²) in [5.74, 6) is 0.264. The highest BCUT2D eigenvalue weighted by Gasteiger charge is 2.27. The molecule has 0 bridgehead atoms. The van der Waals surface area contributed by atoms with E-state index in [9.17, 15) is 4.79 Å². The highest BCUT2D eigenvalue weighted by molar-refractivity contribution is 5.85. The first kappa shape index (κ1) is 13.7. The molecular formula is C11H21ClN2O2. The van der Waals surface area contributed by atoms with E-state index in [4.69, 9.17) is 4.74 Å². The maximum absolute atomic E-state index is 11.9. The van der Waals surface area contributed by atoms with E-state index in [1.165, 1.54) is 0 Å². The molecular weight excluding hydrogens is 228 g/mol. The van der Waals surface area contributed by atoms with E-state index in [1.807, 2.05) is 11.9 Å². The van der Waals surface area contributed by atoms with Gasteiger partial charge in [-0.1, -0.05) is 0 Å². The summed E-state index contributed by atoms with van der Waals surface area (Å²) in [4.78, 5) is 13.8. The lowest BCUT2D eigenvalue weighted by molar-refractivity contribution is -0.132. The molecule has 0 aromatic heterocycles. The SMILES string of the molecule is CNC1CCN(C(=O)CC2CCCO2)C1.Cl. The predicted molar refractivity (Wildman–Crippen MR) is 64.9 cm³/mol. The second-order valence-electron chi connectivity index (χ2n) is 4.45. The fourth-order valence-electron chi connectivity index (χ4n) is 2.35. The molecule has 2 unspecified atom stereocenters. The van der Waals surface area contributed by atoms with Gasteiger partial charge in [0.05, 0.1) is 12.5 Å². The third-order valence-electron chi connectivity index (χ3n) is 3.38. The monoisotopic (exact) mass is 248 g/mol. The summed E-state index contributed by atoms with van der Waals surface area (Å²) in [5.41, 5.74) is 0. The Hall–Kier alpha value is -0.320. The number of likely N-dealkylation sites (tertiary alicyclic amines) is 1. The minimum atomic E-state index is 0. The van der Waals surface area contributed by atoms with Crippen molar-refractivity contribution in [2.45, 2.75) is 37.8 Å². The number of likely N-dealkylation sites (N-methyl/N-ethyl adjacent to an activating group) is 1. The molecule has 2 heterocycles. The van der Waals surface area contributed by atoms with Gasteiger partial charge in [-0.25, -0.2) is 0 Å². The van der Waals surface area contributed by atoms with E-state index in [2.05, 4.69) is 5.32 Å². The summed E-state index contributed by atoms with van der Waals surface area (Å²) in [7, 11) is 1.96. The lowest BCUT2D eigenvalue weighted by atomic mass is 10.1. The van der Waals surface area contributed by atoms with Crippen molar-refractivity contribution >= 4 is 18.3 Å². The molecule has 1 amide bonds. The number of nitrogens with zero attached hydrogens (tertiary/aromatic N) is 1. The Kier molecular flexibility index (Phi) is 5.52. The smallest absolute Gasteiger partial charge is 0.225 e. The summed E-state index contributed by atoms with van der Waals surface area (Å²) in [5, 5.41) is 3.22. The van der Waals surface area contributed by atoms with Gasteiger partial charge in [0.2, 0.25) is 5.91 Å². The van der Waals surface area contributed by atoms with Gasteiger partial charge in [-0.05, 0) is 26.3 Å². The number of rotatable bonds is 3. The summed E-state index contributed by atoms with van der Waals surface area (Å²) in [6, 6.07) is 0.485. The largest absolute Gasteiger partial charge is 0.378 e. The number of carbonyl (C=O) groups excluding carboxylic acids is 1. The van der Waals surface area contributed by atoms with Crippen LogP contribution in [-0.4, -0.2) is 49.7 Å². The molecule has 94 valence electrons. The molecule has 2 rings (SSSR count). The van der Waals surface area contributed by atoms with Crippen LogP contribution in [0.4, 0.5) is 0 Å². The quantitative estimate of drug-likeness (QED) is 0.803. The molecule has 0 aliphatic carbocycles. The van der Waals surface area contributed by atoms with Crippen LogP contribution in [0.3, 0.4) is 0 Å². The molecule has 2 aliphatic heterocycles. The molecule has 2 saturated heterocycles. The molecule has 2 atom stereocenters. The average Bonchev–Trinajstić information content (AvgIpc) is 2.86. The fraction of sp³-hybridized carbons (Fsp3) is 0.909. The van der Waals surface area contributed by atoms with E-state index >= 15 is 0 Å². The molecule has 0 saturated carbocycles. The van der Waals surface area contributed by atoms with Crippen LogP contribution >= 0.6 is 12.4 Å². The average molecular weight is 249 g/mol. The number of halogens is 1. The number of hydrogen-bond acceptors (Lipinski definition) is 3. The molecule has 2 fully saturated rings. The van der Waals surface area contributed by atoms with Gasteiger partial charge in [0.1, 0.15) is 0 Å². The van der Waals surface area contributed by atoms with E-state index in [-0.39, 0.29) is 24.4 Å². The van der Waals surface area contributed by atoms with Crippen LogP contribution in [0.25, 0.3) is 0 Å². The zero-order chi connectivity index (χ0) is 10.7. The molecule has 4 nitrogen and oxygen atoms in total. The number of amides is 1.